The van der Waals surface area contributed by atoms with Gasteiger partial charge in [0.25, 0.3) is 5.91 Å². The van der Waals surface area contributed by atoms with Gasteiger partial charge in [-0.05, 0) is 55.1 Å². The Balaban J connectivity index is 1.59. The molecule has 1 heterocycles. The zero-order chi connectivity index (χ0) is 21.4. The first-order valence-corrected chi connectivity index (χ1v) is 9.94. The van der Waals surface area contributed by atoms with E-state index in [2.05, 4.69) is 5.32 Å². The minimum Gasteiger partial charge on any atom is -0.483 e. The average molecular weight is 442 g/mol. The third-order valence-electron chi connectivity index (χ3n) is 4.80. The predicted molar refractivity (Wildman–Crippen MR) is 120 cm³/mol. The molecule has 1 amide bonds. The number of ether oxygens (including phenoxy) is 1. The van der Waals surface area contributed by atoms with Crippen molar-refractivity contribution in [1.82, 2.24) is 0 Å². The Hall–Kier alpha value is -3.02. The summed E-state index contributed by atoms with van der Waals surface area (Å²) in [6.45, 7) is 3.38. The van der Waals surface area contributed by atoms with Crippen LogP contribution in [0.4, 0.5) is 5.69 Å². The van der Waals surface area contributed by atoms with E-state index in [-0.39, 0.29) is 6.61 Å². The normalized spacial score (nSPS) is 11.1. The molecule has 4 aromatic rings. The van der Waals surface area contributed by atoms with Crippen molar-refractivity contribution in [3.63, 3.8) is 0 Å². The van der Waals surface area contributed by atoms with Crippen LogP contribution < -0.4 is 15.7 Å². The summed E-state index contributed by atoms with van der Waals surface area (Å²) in [5.74, 6) is 0.0271. The standard InChI is InChI=1S/C23H17Cl2NO4/c1-12-9-17(24)21(18(25)10-12)26-20(27)11-29-19-8-7-15-14-5-3-4-6-16(14)23(28)30-22(15)13(19)2/h3-10H,11H2,1-2H3,(H,26,27). The van der Waals surface area contributed by atoms with E-state index in [1.54, 1.807) is 37.3 Å². The van der Waals surface area contributed by atoms with Crippen LogP contribution in [0.5, 0.6) is 5.75 Å². The second kappa shape index (κ2) is 8.01. The van der Waals surface area contributed by atoms with E-state index in [1.165, 1.54) is 0 Å². The van der Waals surface area contributed by atoms with Gasteiger partial charge in [-0.3, -0.25) is 4.79 Å². The van der Waals surface area contributed by atoms with Crippen molar-refractivity contribution in [3.8, 4) is 5.75 Å². The number of amides is 1. The Labute approximate surface area is 182 Å². The van der Waals surface area contributed by atoms with Crippen molar-refractivity contribution in [2.75, 3.05) is 11.9 Å². The summed E-state index contributed by atoms with van der Waals surface area (Å²) in [5.41, 5.74) is 1.88. The number of rotatable bonds is 4. The summed E-state index contributed by atoms with van der Waals surface area (Å²) in [5, 5.41) is 5.49. The maximum atomic E-state index is 12.4. The van der Waals surface area contributed by atoms with Gasteiger partial charge in [-0.15, -0.1) is 0 Å². The monoisotopic (exact) mass is 441 g/mol. The number of nitrogens with one attached hydrogen (secondary N) is 1. The number of anilines is 1. The van der Waals surface area contributed by atoms with Crippen LogP contribution in [-0.4, -0.2) is 12.5 Å². The highest BCUT2D eigenvalue weighted by Gasteiger charge is 2.15. The van der Waals surface area contributed by atoms with Crippen molar-refractivity contribution < 1.29 is 13.9 Å². The van der Waals surface area contributed by atoms with E-state index in [4.69, 9.17) is 32.4 Å². The molecule has 7 heteroatoms. The Bertz CT molecular complexity index is 1340. The fourth-order valence-corrected chi connectivity index (χ4v) is 4.05. The Morgan fingerprint density at radius 3 is 2.37 bits per heavy atom. The second-order valence-electron chi connectivity index (χ2n) is 6.94. The zero-order valence-electron chi connectivity index (χ0n) is 16.2. The number of carbonyl (C=O) groups excluding carboxylic acids is 1. The molecule has 0 saturated carbocycles. The summed E-state index contributed by atoms with van der Waals surface area (Å²) in [7, 11) is 0. The SMILES string of the molecule is Cc1cc(Cl)c(NC(=O)COc2ccc3c(oc(=O)c4ccccc43)c2C)c(Cl)c1. The van der Waals surface area contributed by atoms with E-state index in [1.807, 2.05) is 25.1 Å². The van der Waals surface area contributed by atoms with Crippen LogP contribution in [0.15, 0.2) is 57.7 Å². The summed E-state index contributed by atoms with van der Waals surface area (Å²) < 4.78 is 11.2. The molecule has 3 aromatic carbocycles. The fraction of sp³-hybridized carbons (Fsp3) is 0.130. The summed E-state index contributed by atoms with van der Waals surface area (Å²) in [6.07, 6.45) is 0. The maximum absolute atomic E-state index is 12.4. The highest BCUT2D eigenvalue weighted by Crippen LogP contribution is 2.32. The molecule has 0 saturated heterocycles. The molecule has 4 rings (SSSR count). The molecule has 0 aliphatic rings. The topological polar surface area (TPSA) is 68.5 Å². The Morgan fingerprint density at radius 1 is 1.00 bits per heavy atom. The molecule has 152 valence electrons. The van der Waals surface area contributed by atoms with Crippen molar-refractivity contribution in [3.05, 3.63) is 80.1 Å². The van der Waals surface area contributed by atoms with Crippen LogP contribution in [0, 0.1) is 13.8 Å². The van der Waals surface area contributed by atoms with Crippen LogP contribution in [0.1, 0.15) is 11.1 Å². The van der Waals surface area contributed by atoms with Crippen molar-refractivity contribution >= 4 is 56.5 Å². The van der Waals surface area contributed by atoms with Gasteiger partial charge in [0.2, 0.25) is 0 Å². The number of benzene rings is 3. The molecule has 0 atom stereocenters. The largest absolute Gasteiger partial charge is 0.483 e. The number of hydrogen-bond donors (Lipinski definition) is 1. The van der Waals surface area contributed by atoms with Gasteiger partial charge in [0.05, 0.1) is 21.1 Å². The van der Waals surface area contributed by atoms with Gasteiger partial charge < -0.3 is 14.5 Å². The highest BCUT2D eigenvalue weighted by atomic mass is 35.5. The first-order chi connectivity index (χ1) is 14.3. The smallest absolute Gasteiger partial charge is 0.344 e. The lowest BCUT2D eigenvalue weighted by molar-refractivity contribution is -0.118. The third kappa shape index (κ3) is 3.74. The molecule has 0 radical (unpaired) electrons. The molecule has 1 N–H and O–H groups in total. The lowest BCUT2D eigenvalue weighted by Crippen LogP contribution is -2.21. The van der Waals surface area contributed by atoms with Gasteiger partial charge >= 0.3 is 5.63 Å². The van der Waals surface area contributed by atoms with Crippen molar-refractivity contribution in [2.45, 2.75) is 13.8 Å². The highest BCUT2D eigenvalue weighted by molar-refractivity contribution is 6.39. The summed E-state index contributed by atoms with van der Waals surface area (Å²) in [4.78, 5) is 24.7. The molecule has 0 aliphatic heterocycles. The molecule has 0 unspecified atom stereocenters. The molecule has 0 fully saturated rings. The third-order valence-corrected chi connectivity index (χ3v) is 5.39. The molecule has 0 bridgehead atoms. The van der Waals surface area contributed by atoms with Gasteiger partial charge in [-0.1, -0.05) is 41.4 Å². The summed E-state index contributed by atoms with van der Waals surface area (Å²) >= 11 is 12.3. The molecule has 1 aromatic heterocycles. The number of aryl methyl sites for hydroxylation is 2. The van der Waals surface area contributed by atoms with Crippen molar-refractivity contribution in [2.24, 2.45) is 0 Å². The molecular formula is C23H17Cl2NO4. The minimum absolute atomic E-state index is 0.259. The van der Waals surface area contributed by atoms with E-state index < -0.39 is 11.5 Å². The number of carbonyl (C=O) groups is 1. The van der Waals surface area contributed by atoms with Gasteiger partial charge in [0, 0.05) is 10.9 Å². The Kier molecular flexibility index (Phi) is 5.41. The second-order valence-corrected chi connectivity index (χ2v) is 7.76. The molecular weight excluding hydrogens is 425 g/mol. The van der Waals surface area contributed by atoms with E-state index >= 15 is 0 Å². The van der Waals surface area contributed by atoms with Crippen LogP contribution in [0.2, 0.25) is 10.0 Å². The zero-order valence-corrected chi connectivity index (χ0v) is 17.7. The van der Waals surface area contributed by atoms with Gasteiger partial charge in [0.15, 0.2) is 6.61 Å². The van der Waals surface area contributed by atoms with Crippen molar-refractivity contribution in [1.29, 1.82) is 0 Å². The number of hydrogen-bond acceptors (Lipinski definition) is 4. The molecule has 30 heavy (non-hydrogen) atoms. The summed E-state index contributed by atoms with van der Waals surface area (Å²) in [6, 6.07) is 14.3. The van der Waals surface area contributed by atoms with Gasteiger partial charge in [0.1, 0.15) is 11.3 Å². The quantitative estimate of drug-likeness (QED) is 0.316. The van der Waals surface area contributed by atoms with Crippen LogP contribution in [0.25, 0.3) is 21.7 Å². The van der Waals surface area contributed by atoms with Crippen LogP contribution in [-0.2, 0) is 4.79 Å². The van der Waals surface area contributed by atoms with E-state index in [0.717, 1.165) is 16.3 Å². The minimum atomic E-state index is -0.417. The average Bonchev–Trinajstić information content (AvgIpc) is 2.71. The molecule has 0 aliphatic carbocycles. The number of fused-ring (bicyclic) bond motifs is 3. The first-order valence-electron chi connectivity index (χ1n) is 9.18. The lowest BCUT2D eigenvalue weighted by Gasteiger charge is -2.13. The van der Waals surface area contributed by atoms with E-state index in [0.29, 0.717) is 38.0 Å². The van der Waals surface area contributed by atoms with Gasteiger partial charge in [-0.2, -0.15) is 0 Å². The predicted octanol–water partition coefficient (Wildman–Crippen LogP) is 5.89. The van der Waals surface area contributed by atoms with E-state index in [9.17, 15) is 9.59 Å². The number of halogens is 2. The maximum Gasteiger partial charge on any atom is 0.344 e. The molecule has 0 spiro atoms. The molecule has 5 nitrogen and oxygen atoms in total. The first kappa shape index (κ1) is 20.3. The van der Waals surface area contributed by atoms with Gasteiger partial charge in [-0.25, -0.2) is 4.79 Å². The van der Waals surface area contributed by atoms with Crippen LogP contribution >= 0.6 is 23.2 Å². The van der Waals surface area contributed by atoms with Crippen LogP contribution in [0.3, 0.4) is 0 Å². The lowest BCUT2D eigenvalue weighted by atomic mass is 10.0. The Morgan fingerprint density at radius 2 is 1.67 bits per heavy atom. The fourth-order valence-electron chi connectivity index (χ4n) is 3.36.